The molecule has 1 aliphatic heterocycles. The monoisotopic (exact) mass is 507 g/mol. The second-order valence-corrected chi connectivity index (χ2v) is 10.4. The van der Waals surface area contributed by atoms with Crippen molar-refractivity contribution in [1.29, 1.82) is 0 Å². The van der Waals surface area contributed by atoms with Gasteiger partial charge in [0.25, 0.3) is 5.56 Å². The lowest BCUT2D eigenvalue weighted by atomic mass is 10.1. The minimum atomic E-state index is -3.58. The van der Waals surface area contributed by atoms with Crippen molar-refractivity contribution >= 4 is 32.4 Å². The number of pyridine rings is 1. The largest absolute Gasteiger partial charge is 0.480 e. The van der Waals surface area contributed by atoms with Crippen molar-refractivity contribution in [3.05, 3.63) is 65.1 Å². The smallest absolute Gasteiger partial charge is 0.267 e. The Balaban J connectivity index is 1.58. The number of anilines is 2. The first-order valence-electron chi connectivity index (χ1n) is 11.3. The van der Waals surface area contributed by atoms with E-state index in [-0.39, 0.29) is 22.3 Å². The molecule has 0 radical (unpaired) electrons. The molecule has 2 aromatic carbocycles. The Kier molecular flexibility index (Phi) is 6.10. The van der Waals surface area contributed by atoms with E-state index < -0.39 is 9.84 Å². The maximum absolute atomic E-state index is 13.5. The summed E-state index contributed by atoms with van der Waals surface area (Å²) in [5.41, 5.74) is 9.06. The van der Waals surface area contributed by atoms with Gasteiger partial charge in [-0.05, 0) is 48.0 Å². The van der Waals surface area contributed by atoms with Gasteiger partial charge in [0.15, 0.2) is 9.84 Å². The van der Waals surface area contributed by atoms with Crippen LogP contribution in [0.3, 0.4) is 0 Å². The van der Waals surface area contributed by atoms with Crippen LogP contribution in [0.2, 0.25) is 0 Å². The van der Waals surface area contributed by atoms with Crippen molar-refractivity contribution in [3.8, 4) is 22.7 Å². The van der Waals surface area contributed by atoms with Crippen LogP contribution in [0, 0.1) is 0 Å². The van der Waals surface area contributed by atoms with E-state index in [4.69, 9.17) is 15.2 Å². The lowest BCUT2D eigenvalue weighted by molar-refractivity contribution is 0.122. The van der Waals surface area contributed by atoms with Gasteiger partial charge in [0.2, 0.25) is 11.8 Å². The SMILES string of the molecule is COc1ncc(-c2ccc3nc(N)n(-c4ccc(N5CCOCC5)cc4)c(=O)c3c2)cc1S(C)(=O)=O. The van der Waals surface area contributed by atoms with E-state index in [1.54, 1.807) is 18.2 Å². The third kappa shape index (κ3) is 4.38. The minimum Gasteiger partial charge on any atom is -0.480 e. The second-order valence-electron chi connectivity index (χ2n) is 8.46. The van der Waals surface area contributed by atoms with Gasteiger partial charge in [-0.25, -0.2) is 23.0 Å². The van der Waals surface area contributed by atoms with Crippen molar-refractivity contribution in [2.45, 2.75) is 4.90 Å². The fourth-order valence-corrected chi connectivity index (χ4v) is 5.07. The zero-order valence-electron chi connectivity index (χ0n) is 19.8. The third-order valence-corrected chi connectivity index (χ3v) is 7.21. The highest BCUT2D eigenvalue weighted by Crippen LogP contribution is 2.29. The molecule has 0 spiro atoms. The predicted octanol–water partition coefficient (Wildman–Crippen LogP) is 2.28. The molecule has 1 fully saturated rings. The Morgan fingerprint density at radius 2 is 1.69 bits per heavy atom. The predicted molar refractivity (Wildman–Crippen MR) is 138 cm³/mol. The zero-order chi connectivity index (χ0) is 25.4. The van der Waals surface area contributed by atoms with Crippen LogP contribution in [0.4, 0.5) is 11.6 Å². The lowest BCUT2D eigenvalue weighted by Crippen LogP contribution is -2.36. The molecule has 10 nitrogen and oxygen atoms in total. The van der Waals surface area contributed by atoms with Crippen molar-refractivity contribution in [3.63, 3.8) is 0 Å². The summed E-state index contributed by atoms with van der Waals surface area (Å²) >= 11 is 0. The molecule has 5 rings (SSSR count). The number of rotatable bonds is 5. The highest BCUT2D eigenvalue weighted by atomic mass is 32.2. The van der Waals surface area contributed by atoms with Crippen LogP contribution in [0.25, 0.3) is 27.7 Å². The summed E-state index contributed by atoms with van der Waals surface area (Å²) in [5, 5.41) is 0.343. The average Bonchev–Trinajstić information content (AvgIpc) is 2.88. The first kappa shape index (κ1) is 23.8. The standard InChI is InChI=1S/C25H25N5O5S/c1-34-23-22(36(2,32)33)14-17(15-27-23)16-3-8-21-20(13-16)24(31)30(25(26)28-21)19-6-4-18(5-7-19)29-9-11-35-12-10-29/h3-8,13-15H,9-12H2,1-2H3,(H2,26,28). The molecule has 1 aliphatic rings. The highest BCUT2D eigenvalue weighted by Gasteiger charge is 2.18. The average molecular weight is 508 g/mol. The molecule has 4 aromatic rings. The van der Waals surface area contributed by atoms with Gasteiger partial charge in [-0.1, -0.05) is 6.07 Å². The molecule has 0 saturated carbocycles. The summed E-state index contributed by atoms with van der Waals surface area (Å²) < 4.78 is 36.3. The van der Waals surface area contributed by atoms with Crippen molar-refractivity contribution < 1.29 is 17.9 Å². The summed E-state index contributed by atoms with van der Waals surface area (Å²) in [6, 6.07) is 14.1. The molecule has 36 heavy (non-hydrogen) atoms. The Morgan fingerprint density at radius 3 is 2.36 bits per heavy atom. The maximum atomic E-state index is 13.5. The number of aromatic nitrogens is 3. The molecule has 0 unspecified atom stereocenters. The topological polar surface area (TPSA) is 130 Å². The van der Waals surface area contributed by atoms with Gasteiger partial charge in [0.05, 0.1) is 36.9 Å². The maximum Gasteiger partial charge on any atom is 0.267 e. The number of nitrogens with two attached hydrogens (primary N) is 1. The van der Waals surface area contributed by atoms with Gasteiger partial charge in [0.1, 0.15) is 4.90 Å². The molecule has 0 bridgehead atoms. The number of fused-ring (bicyclic) bond motifs is 1. The first-order valence-corrected chi connectivity index (χ1v) is 13.2. The third-order valence-electron chi connectivity index (χ3n) is 6.12. The Hall–Kier alpha value is -3.96. The minimum absolute atomic E-state index is 0.0133. The molecule has 0 aliphatic carbocycles. The van der Waals surface area contributed by atoms with Crippen LogP contribution < -0.4 is 20.9 Å². The first-order chi connectivity index (χ1) is 17.3. The summed E-state index contributed by atoms with van der Waals surface area (Å²) in [4.78, 5) is 24.3. The summed E-state index contributed by atoms with van der Waals surface area (Å²) in [6.45, 7) is 2.98. The molecule has 186 valence electrons. The van der Waals surface area contributed by atoms with E-state index in [0.717, 1.165) is 25.0 Å². The molecule has 0 amide bonds. The van der Waals surface area contributed by atoms with Crippen LogP contribution in [0.5, 0.6) is 5.88 Å². The highest BCUT2D eigenvalue weighted by molar-refractivity contribution is 7.90. The van der Waals surface area contributed by atoms with Crippen molar-refractivity contribution in [1.82, 2.24) is 14.5 Å². The number of benzene rings is 2. The molecular formula is C25H25N5O5S. The fourth-order valence-electron chi connectivity index (χ4n) is 4.27. The molecule has 3 heterocycles. The van der Waals surface area contributed by atoms with E-state index >= 15 is 0 Å². The van der Waals surface area contributed by atoms with Gasteiger partial charge in [-0.15, -0.1) is 0 Å². The van der Waals surface area contributed by atoms with E-state index in [9.17, 15) is 13.2 Å². The van der Waals surface area contributed by atoms with Crippen LogP contribution in [-0.4, -0.2) is 62.6 Å². The number of hydrogen-bond donors (Lipinski definition) is 1. The van der Waals surface area contributed by atoms with E-state index in [1.165, 1.54) is 23.9 Å². The molecular weight excluding hydrogens is 482 g/mol. The van der Waals surface area contributed by atoms with Crippen molar-refractivity contribution in [2.75, 3.05) is 50.3 Å². The number of morpholine rings is 1. The lowest BCUT2D eigenvalue weighted by Gasteiger charge is -2.29. The summed E-state index contributed by atoms with van der Waals surface area (Å²) in [5.74, 6) is 0.0872. The molecule has 2 N–H and O–H groups in total. The Bertz CT molecular complexity index is 1610. The van der Waals surface area contributed by atoms with E-state index in [2.05, 4.69) is 14.9 Å². The quantitative estimate of drug-likeness (QED) is 0.432. The van der Waals surface area contributed by atoms with Crippen LogP contribution >= 0.6 is 0 Å². The number of sulfone groups is 1. The van der Waals surface area contributed by atoms with E-state index in [1.807, 2.05) is 24.3 Å². The van der Waals surface area contributed by atoms with Crippen LogP contribution in [0.1, 0.15) is 0 Å². The number of hydrogen-bond acceptors (Lipinski definition) is 9. The molecule has 2 aromatic heterocycles. The molecule has 1 saturated heterocycles. The van der Waals surface area contributed by atoms with Gasteiger partial charge < -0.3 is 20.1 Å². The normalized spacial score (nSPS) is 14.2. The number of ether oxygens (including phenoxy) is 2. The van der Waals surface area contributed by atoms with Gasteiger partial charge in [-0.2, -0.15) is 0 Å². The fraction of sp³-hybridized carbons (Fsp3) is 0.240. The number of nitrogens with zero attached hydrogens (tertiary/aromatic N) is 4. The Labute approximate surface area is 207 Å². The van der Waals surface area contributed by atoms with Gasteiger partial charge in [0, 0.05) is 36.8 Å². The Morgan fingerprint density at radius 1 is 1.00 bits per heavy atom. The second kappa shape index (κ2) is 9.25. The number of methoxy groups -OCH3 is 1. The summed E-state index contributed by atoms with van der Waals surface area (Å²) in [6.07, 6.45) is 2.59. The van der Waals surface area contributed by atoms with Gasteiger partial charge >= 0.3 is 0 Å². The summed E-state index contributed by atoms with van der Waals surface area (Å²) in [7, 11) is -2.22. The molecule has 11 heteroatoms. The van der Waals surface area contributed by atoms with Crippen LogP contribution in [0.15, 0.2) is 64.4 Å². The van der Waals surface area contributed by atoms with Gasteiger partial charge in [-0.3, -0.25) is 4.79 Å². The van der Waals surface area contributed by atoms with E-state index in [0.29, 0.717) is 40.9 Å². The number of nitrogen functional groups attached to an aromatic ring is 1. The van der Waals surface area contributed by atoms with Crippen molar-refractivity contribution in [2.24, 2.45) is 0 Å². The van der Waals surface area contributed by atoms with Crippen LogP contribution in [-0.2, 0) is 14.6 Å². The zero-order valence-corrected chi connectivity index (χ0v) is 20.7. The molecule has 0 atom stereocenters.